The summed E-state index contributed by atoms with van der Waals surface area (Å²) < 4.78 is 0. The maximum Gasteiger partial charge on any atom is 0.220 e. The first-order valence-electron chi connectivity index (χ1n) is 22.2. The maximum atomic E-state index is 12.4. The normalized spacial score (nSPS) is 14.2. The highest BCUT2D eigenvalue weighted by atomic mass is 16.3. The van der Waals surface area contributed by atoms with Crippen LogP contribution in [0.3, 0.4) is 0 Å². The van der Waals surface area contributed by atoms with Crippen LogP contribution >= 0.6 is 0 Å². The summed E-state index contributed by atoms with van der Waals surface area (Å²) in [6.45, 7) is 4.13. The molecule has 4 nitrogen and oxygen atoms in total. The van der Waals surface area contributed by atoms with Gasteiger partial charge in [-0.1, -0.05) is 187 Å². The lowest BCUT2D eigenvalue weighted by molar-refractivity contribution is -0.123. The van der Waals surface area contributed by atoms with Crippen LogP contribution in [0.15, 0.2) is 122 Å². The summed E-state index contributed by atoms with van der Waals surface area (Å²) in [5.74, 6) is -0.0970. The van der Waals surface area contributed by atoms with E-state index in [1.165, 1.54) is 57.8 Å². The fourth-order valence-corrected chi connectivity index (χ4v) is 5.78. The molecule has 0 saturated carbocycles. The average molecular weight is 758 g/mol. The van der Waals surface area contributed by atoms with Crippen molar-refractivity contribution in [3.63, 3.8) is 0 Å². The van der Waals surface area contributed by atoms with Gasteiger partial charge in [-0.25, -0.2) is 0 Å². The van der Waals surface area contributed by atoms with Crippen molar-refractivity contribution in [1.29, 1.82) is 0 Å². The van der Waals surface area contributed by atoms with Gasteiger partial charge >= 0.3 is 0 Å². The van der Waals surface area contributed by atoms with Crippen molar-refractivity contribution >= 4 is 5.91 Å². The Balaban J connectivity index is 3.71. The second-order valence-electron chi connectivity index (χ2n) is 14.4. The van der Waals surface area contributed by atoms with E-state index in [2.05, 4.69) is 129 Å². The fourth-order valence-electron chi connectivity index (χ4n) is 5.78. The van der Waals surface area contributed by atoms with Gasteiger partial charge in [0.2, 0.25) is 5.91 Å². The largest absolute Gasteiger partial charge is 0.394 e. The van der Waals surface area contributed by atoms with Crippen LogP contribution < -0.4 is 5.32 Å². The molecule has 310 valence electrons. The van der Waals surface area contributed by atoms with Gasteiger partial charge in [0.05, 0.1) is 18.8 Å². The zero-order valence-electron chi connectivity index (χ0n) is 35.4. The highest BCUT2D eigenvalue weighted by Crippen LogP contribution is 2.11. The van der Waals surface area contributed by atoms with Gasteiger partial charge in [0.15, 0.2) is 0 Å². The van der Waals surface area contributed by atoms with E-state index in [1.54, 1.807) is 6.08 Å². The summed E-state index contributed by atoms with van der Waals surface area (Å²) >= 11 is 0. The van der Waals surface area contributed by atoms with E-state index >= 15 is 0 Å². The zero-order valence-corrected chi connectivity index (χ0v) is 35.4. The van der Waals surface area contributed by atoms with Crippen molar-refractivity contribution < 1.29 is 15.0 Å². The van der Waals surface area contributed by atoms with E-state index in [4.69, 9.17) is 0 Å². The first kappa shape index (κ1) is 51.8. The number of aliphatic hydroxyl groups excluding tert-OH is 2. The van der Waals surface area contributed by atoms with Gasteiger partial charge < -0.3 is 15.5 Å². The van der Waals surface area contributed by atoms with Crippen LogP contribution in [-0.4, -0.2) is 34.9 Å². The number of rotatable bonds is 38. The number of unbranched alkanes of at least 4 members (excludes halogenated alkanes) is 13. The van der Waals surface area contributed by atoms with Gasteiger partial charge in [-0.15, -0.1) is 0 Å². The van der Waals surface area contributed by atoms with Crippen molar-refractivity contribution in [3.05, 3.63) is 122 Å². The van der Waals surface area contributed by atoms with Crippen LogP contribution in [0.25, 0.3) is 0 Å². The Morgan fingerprint density at radius 1 is 0.455 bits per heavy atom. The van der Waals surface area contributed by atoms with Gasteiger partial charge in [-0.05, 0) is 103 Å². The van der Waals surface area contributed by atoms with Crippen molar-refractivity contribution in [1.82, 2.24) is 5.32 Å². The number of nitrogens with one attached hydrogen (secondary N) is 1. The molecule has 0 aromatic heterocycles. The molecule has 55 heavy (non-hydrogen) atoms. The number of allylic oxidation sites excluding steroid dienone is 19. The van der Waals surface area contributed by atoms with E-state index in [-0.39, 0.29) is 12.5 Å². The number of hydrogen-bond acceptors (Lipinski definition) is 3. The minimum absolute atomic E-state index is 0.0970. The van der Waals surface area contributed by atoms with Gasteiger partial charge in [-0.3, -0.25) is 4.79 Å². The Kier molecular flexibility index (Phi) is 42.5. The van der Waals surface area contributed by atoms with Crippen LogP contribution in [0.1, 0.15) is 174 Å². The molecule has 2 unspecified atom stereocenters. The third-order valence-corrected chi connectivity index (χ3v) is 9.16. The minimum atomic E-state index is -0.882. The molecule has 3 N–H and O–H groups in total. The number of amides is 1. The molecule has 0 aromatic rings. The lowest BCUT2D eigenvalue weighted by atomic mass is 10.1. The molecule has 0 heterocycles. The summed E-state index contributed by atoms with van der Waals surface area (Å²) in [6.07, 6.45) is 70.1. The maximum absolute atomic E-state index is 12.4. The van der Waals surface area contributed by atoms with Gasteiger partial charge in [-0.2, -0.15) is 0 Å². The molecule has 0 fully saturated rings. The molecule has 0 aromatic carbocycles. The van der Waals surface area contributed by atoms with E-state index in [1.807, 2.05) is 6.08 Å². The van der Waals surface area contributed by atoms with E-state index < -0.39 is 12.1 Å². The molecule has 4 heteroatoms. The highest BCUT2D eigenvalue weighted by molar-refractivity contribution is 5.76. The molecule has 0 rings (SSSR count). The zero-order chi connectivity index (χ0) is 40.0. The topological polar surface area (TPSA) is 69.6 Å². The third-order valence-electron chi connectivity index (χ3n) is 9.16. The van der Waals surface area contributed by atoms with Crippen molar-refractivity contribution in [2.75, 3.05) is 6.61 Å². The summed E-state index contributed by atoms with van der Waals surface area (Å²) in [6, 6.07) is -0.660. The first-order chi connectivity index (χ1) is 27.2. The van der Waals surface area contributed by atoms with E-state index in [0.717, 1.165) is 96.3 Å². The SMILES string of the molecule is CC/C=C\C/C=C\C/C=C\C/C=C\C/C=C\C/C=C\C/C=C\CCCCCCCCCC(=O)NC(CO)C(O)/C=C/CC/C=C/CC/C=C/CCCCCC. The molecule has 0 bridgehead atoms. The number of carbonyl (C=O) groups excluding carboxylic acids is 1. The Labute approximate surface area is 339 Å². The number of hydrogen-bond donors (Lipinski definition) is 3. The molecule has 0 aliphatic carbocycles. The Bertz CT molecular complexity index is 1130. The second kappa shape index (κ2) is 45.2. The van der Waals surface area contributed by atoms with E-state index in [0.29, 0.717) is 6.42 Å². The smallest absolute Gasteiger partial charge is 0.220 e. The Morgan fingerprint density at radius 2 is 0.818 bits per heavy atom. The predicted octanol–water partition coefficient (Wildman–Crippen LogP) is 14.2. The highest BCUT2D eigenvalue weighted by Gasteiger charge is 2.17. The monoisotopic (exact) mass is 758 g/mol. The predicted molar refractivity (Wildman–Crippen MR) is 243 cm³/mol. The molecular formula is C51H83NO3. The Morgan fingerprint density at radius 3 is 1.27 bits per heavy atom. The summed E-state index contributed by atoms with van der Waals surface area (Å²) in [4.78, 5) is 12.4. The molecular weight excluding hydrogens is 675 g/mol. The molecule has 0 saturated heterocycles. The van der Waals surface area contributed by atoms with Gasteiger partial charge in [0.1, 0.15) is 0 Å². The van der Waals surface area contributed by atoms with Crippen LogP contribution in [0.2, 0.25) is 0 Å². The lowest BCUT2D eigenvalue weighted by Crippen LogP contribution is -2.45. The van der Waals surface area contributed by atoms with Crippen molar-refractivity contribution in [3.8, 4) is 0 Å². The van der Waals surface area contributed by atoms with E-state index in [9.17, 15) is 15.0 Å². The molecule has 0 aliphatic rings. The van der Waals surface area contributed by atoms with Crippen LogP contribution in [-0.2, 0) is 4.79 Å². The van der Waals surface area contributed by atoms with Gasteiger partial charge in [0.25, 0.3) is 0 Å². The lowest BCUT2D eigenvalue weighted by Gasteiger charge is -2.19. The molecule has 2 atom stereocenters. The van der Waals surface area contributed by atoms with Crippen molar-refractivity contribution in [2.45, 2.75) is 187 Å². The number of carbonyl (C=O) groups is 1. The molecule has 0 aliphatic heterocycles. The van der Waals surface area contributed by atoms with Crippen LogP contribution in [0.5, 0.6) is 0 Å². The number of aliphatic hydroxyl groups is 2. The first-order valence-corrected chi connectivity index (χ1v) is 22.2. The third kappa shape index (κ3) is 41.8. The molecule has 1 amide bonds. The molecule has 0 spiro atoms. The van der Waals surface area contributed by atoms with Crippen molar-refractivity contribution in [2.24, 2.45) is 0 Å². The second-order valence-corrected chi connectivity index (χ2v) is 14.4. The minimum Gasteiger partial charge on any atom is -0.394 e. The average Bonchev–Trinajstić information content (AvgIpc) is 3.19. The quantitative estimate of drug-likeness (QED) is 0.0434. The van der Waals surface area contributed by atoms with Crippen LogP contribution in [0, 0.1) is 0 Å². The molecule has 0 radical (unpaired) electrons. The summed E-state index contributed by atoms with van der Waals surface area (Å²) in [5, 5.41) is 22.9. The van der Waals surface area contributed by atoms with Gasteiger partial charge in [0, 0.05) is 6.42 Å². The standard InChI is InChI=1S/C51H83NO3/c1-3-5-7-9-11-13-15-17-19-20-21-22-23-24-25-26-27-28-29-30-31-32-33-35-37-39-41-43-45-47-51(55)52-49(48-53)50(54)46-44-42-40-38-36-34-18-16-14-12-10-8-6-4-2/h5,7,11,13-14,16-17,19,21-22,24-25,27-28,30-31,36,38,44,46,49-50,53-54H,3-4,6,8-10,12,15,18,20,23,26,29,32-35,37,39-43,45,47-48H2,1-2H3,(H,52,55)/b7-5-,13-11-,16-14+,19-17-,22-21-,25-24-,28-27-,31-30-,38-36+,46-44+. The summed E-state index contributed by atoms with van der Waals surface area (Å²) in [7, 11) is 0. The summed E-state index contributed by atoms with van der Waals surface area (Å²) in [5.41, 5.74) is 0. The Hall–Kier alpha value is -3.21. The fraction of sp³-hybridized carbons (Fsp3) is 0.588. The van der Waals surface area contributed by atoms with Crippen LogP contribution in [0.4, 0.5) is 0 Å².